The van der Waals surface area contributed by atoms with E-state index in [1.54, 1.807) is 14.0 Å². The van der Waals surface area contributed by atoms with Gasteiger partial charge in [-0.3, -0.25) is 4.79 Å². The van der Waals surface area contributed by atoms with Gasteiger partial charge in [0.2, 0.25) is 0 Å². The maximum atomic E-state index is 9.82. The van der Waals surface area contributed by atoms with E-state index in [4.69, 9.17) is 39.5 Å². The second-order valence-corrected chi connectivity index (χ2v) is 5.47. The first-order chi connectivity index (χ1) is 7.06. The van der Waals surface area contributed by atoms with Gasteiger partial charge in [-0.1, -0.05) is 34.8 Å². The molecule has 3 nitrogen and oxygen atoms in total. The minimum Gasteiger partial charge on any atom is -0.466 e. The molecular weight excluding hydrogens is 274 g/mol. The number of halogens is 3. The molecule has 0 aromatic carbocycles. The maximum absolute atomic E-state index is 9.82. The lowest BCUT2D eigenvalue weighted by atomic mass is 10.2. The van der Waals surface area contributed by atoms with Crippen LogP contribution in [0.15, 0.2) is 0 Å². The zero-order valence-corrected chi connectivity index (χ0v) is 12.9. The predicted octanol–water partition coefficient (Wildman–Crippen LogP) is 3.99. The second-order valence-electron chi connectivity index (χ2n) is 3.49. The topological polar surface area (TPSA) is 35.5 Å². The lowest BCUT2D eigenvalue weighted by molar-refractivity contribution is -0.140. The molecule has 100 valence electrons. The summed E-state index contributed by atoms with van der Waals surface area (Å²) in [7, 11) is 1.71. The van der Waals surface area contributed by atoms with E-state index in [0.29, 0.717) is 6.61 Å². The first-order valence-electron chi connectivity index (χ1n) is 4.67. The molecule has 0 heterocycles. The van der Waals surface area contributed by atoms with Gasteiger partial charge in [0, 0.05) is 14.0 Å². The molecule has 0 atom stereocenters. The third-order valence-corrected chi connectivity index (χ3v) is 0.960. The molecule has 16 heavy (non-hydrogen) atoms. The van der Waals surface area contributed by atoms with Crippen molar-refractivity contribution in [2.75, 3.05) is 13.7 Å². The van der Waals surface area contributed by atoms with Crippen LogP contribution in [0.5, 0.6) is 0 Å². The number of hydrogen-bond donors (Lipinski definition) is 0. The van der Waals surface area contributed by atoms with E-state index in [2.05, 4.69) is 4.74 Å². The lowest BCUT2D eigenvalue weighted by Gasteiger charge is -2.14. The van der Waals surface area contributed by atoms with Crippen LogP contribution in [0.4, 0.5) is 0 Å². The van der Waals surface area contributed by atoms with Crippen LogP contribution >= 0.6 is 34.8 Å². The SMILES string of the molecule is CCOC(C)=O.COC(C)(C)C.ClC(Cl)Cl. The van der Waals surface area contributed by atoms with E-state index >= 15 is 0 Å². The Bertz CT molecular complexity index is 153. The Morgan fingerprint density at radius 3 is 1.50 bits per heavy atom. The molecule has 0 amide bonds. The van der Waals surface area contributed by atoms with Gasteiger partial charge in [-0.05, 0) is 27.7 Å². The summed E-state index contributed by atoms with van der Waals surface area (Å²) >= 11 is 14.4. The summed E-state index contributed by atoms with van der Waals surface area (Å²) in [5.41, 5.74) is 0.0417. The number of carbonyl (C=O) groups is 1. The molecule has 0 radical (unpaired) electrons. The van der Waals surface area contributed by atoms with Crippen molar-refractivity contribution in [1.82, 2.24) is 0 Å². The normalized spacial score (nSPS) is 9.62. The fourth-order valence-corrected chi connectivity index (χ4v) is 0.203. The number of alkyl halides is 3. The van der Waals surface area contributed by atoms with Crippen LogP contribution in [0.25, 0.3) is 0 Å². The molecule has 0 aromatic rings. The number of ether oxygens (including phenoxy) is 2. The Kier molecular flexibility index (Phi) is 18.0. The van der Waals surface area contributed by atoms with Crippen molar-refractivity contribution in [1.29, 1.82) is 0 Å². The van der Waals surface area contributed by atoms with Crippen LogP contribution in [0.2, 0.25) is 0 Å². The van der Waals surface area contributed by atoms with Gasteiger partial charge in [0.25, 0.3) is 0 Å². The molecule has 0 fully saturated rings. The van der Waals surface area contributed by atoms with Crippen LogP contribution < -0.4 is 0 Å². The van der Waals surface area contributed by atoms with Crippen LogP contribution in [0.1, 0.15) is 34.6 Å². The second kappa shape index (κ2) is 13.4. The first kappa shape index (κ1) is 21.6. The number of hydrogen-bond acceptors (Lipinski definition) is 3. The summed E-state index contributed by atoms with van der Waals surface area (Å²) in [4.78, 5) is 9.82. The molecule has 0 rings (SSSR count). The summed E-state index contributed by atoms with van der Waals surface area (Å²) in [6.45, 7) is 9.72. The highest BCUT2D eigenvalue weighted by Crippen LogP contribution is 2.03. The van der Waals surface area contributed by atoms with E-state index in [1.807, 2.05) is 20.8 Å². The molecular formula is C10H21Cl3O3. The number of esters is 1. The quantitative estimate of drug-likeness (QED) is 0.542. The minimum absolute atomic E-state index is 0.0417. The Hall–Kier alpha value is 0.300. The number of carbonyl (C=O) groups excluding carboxylic acids is 1. The molecule has 0 saturated carbocycles. The highest BCUT2D eigenvalue weighted by atomic mass is 35.6. The van der Waals surface area contributed by atoms with Gasteiger partial charge in [-0.15, -0.1) is 0 Å². The molecule has 0 aliphatic carbocycles. The van der Waals surface area contributed by atoms with Crippen molar-refractivity contribution in [3.05, 3.63) is 0 Å². The lowest BCUT2D eigenvalue weighted by Crippen LogP contribution is -2.15. The standard InChI is InChI=1S/C5H12O.C4H8O2.CHCl3/c1-5(2,3)6-4;1-3-6-4(2)5;2-1(3)4/h1-4H3;3H2,1-2H3;1H. The van der Waals surface area contributed by atoms with E-state index < -0.39 is 4.30 Å². The van der Waals surface area contributed by atoms with Crippen LogP contribution in [0.3, 0.4) is 0 Å². The molecule has 0 bridgehead atoms. The van der Waals surface area contributed by atoms with Crippen molar-refractivity contribution in [3.8, 4) is 0 Å². The van der Waals surface area contributed by atoms with E-state index in [0.717, 1.165) is 0 Å². The largest absolute Gasteiger partial charge is 0.466 e. The molecule has 0 saturated heterocycles. The molecule has 0 aliphatic heterocycles. The van der Waals surface area contributed by atoms with E-state index in [9.17, 15) is 4.79 Å². The molecule has 0 aromatic heterocycles. The molecule has 6 heteroatoms. The van der Waals surface area contributed by atoms with Gasteiger partial charge in [-0.25, -0.2) is 0 Å². The fraction of sp³-hybridized carbons (Fsp3) is 0.900. The summed E-state index contributed by atoms with van der Waals surface area (Å²) in [5, 5.41) is 0. The zero-order valence-electron chi connectivity index (χ0n) is 10.6. The highest BCUT2D eigenvalue weighted by molar-refractivity contribution is 6.63. The molecule has 0 aliphatic rings. The van der Waals surface area contributed by atoms with Crippen LogP contribution in [0, 0.1) is 0 Å². The number of rotatable bonds is 1. The molecule has 0 spiro atoms. The molecule has 0 unspecified atom stereocenters. The van der Waals surface area contributed by atoms with Crippen LogP contribution in [-0.4, -0.2) is 29.6 Å². The van der Waals surface area contributed by atoms with Crippen molar-refractivity contribution < 1.29 is 14.3 Å². The summed E-state index contributed by atoms with van der Waals surface area (Å²) < 4.78 is 8.59. The third kappa shape index (κ3) is 63.7. The Labute approximate surface area is 113 Å². The summed E-state index contributed by atoms with van der Waals surface area (Å²) in [6.07, 6.45) is 0. The van der Waals surface area contributed by atoms with Gasteiger partial charge in [0.15, 0.2) is 4.30 Å². The summed E-state index contributed by atoms with van der Waals surface area (Å²) in [6, 6.07) is 0. The van der Waals surface area contributed by atoms with E-state index in [1.165, 1.54) is 6.92 Å². The monoisotopic (exact) mass is 294 g/mol. The maximum Gasteiger partial charge on any atom is 0.302 e. The van der Waals surface area contributed by atoms with Gasteiger partial charge in [-0.2, -0.15) is 0 Å². The van der Waals surface area contributed by atoms with Crippen molar-refractivity contribution in [2.24, 2.45) is 0 Å². The average Bonchev–Trinajstić information content (AvgIpc) is 2.02. The fourth-order valence-electron chi connectivity index (χ4n) is 0.203. The highest BCUT2D eigenvalue weighted by Gasteiger charge is 2.03. The van der Waals surface area contributed by atoms with Crippen molar-refractivity contribution >= 4 is 40.8 Å². The Morgan fingerprint density at radius 2 is 1.50 bits per heavy atom. The first-order valence-corrected chi connectivity index (χ1v) is 5.98. The third-order valence-electron chi connectivity index (χ3n) is 0.960. The van der Waals surface area contributed by atoms with E-state index in [-0.39, 0.29) is 11.6 Å². The van der Waals surface area contributed by atoms with Gasteiger partial charge >= 0.3 is 5.97 Å². The van der Waals surface area contributed by atoms with Crippen molar-refractivity contribution in [2.45, 2.75) is 44.5 Å². The predicted molar refractivity (Wildman–Crippen MR) is 70.4 cm³/mol. The van der Waals surface area contributed by atoms with Gasteiger partial charge < -0.3 is 9.47 Å². The Morgan fingerprint density at radius 1 is 1.25 bits per heavy atom. The summed E-state index contributed by atoms with van der Waals surface area (Å²) in [5.74, 6) is -0.211. The molecule has 0 N–H and O–H groups in total. The van der Waals surface area contributed by atoms with Crippen LogP contribution in [-0.2, 0) is 14.3 Å². The van der Waals surface area contributed by atoms with Gasteiger partial charge in [0.1, 0.15) is 0 Å². The average molecular weight is 296 g/mol. The minimum atomic E-state index is -0.750. The Balaban J connectivity index is -0.000000162. The zero-order chi connectivity index (χ0) is 13.8. The van der Waals surface area contributed by atoms with Gasteiger partial charge in [0.05, 0.1) is 12.2 Å². The smallest absolute Gasteiger partial charge is 0.302 e. The number of methoxy groups -OCH3 is 1. The van der Waals surface area contributed by atoms with Crippen molar-refractivity contribution in [3.63, 3.8) is 0 Å².